The minimum atomic E-state index is -4.14. The Kier molecular flexibility index (Phi) is 6.72. The second kappa shape index (κ2) is 9.67. The zero-order valence-electron chi connectivity index (χ0n) is 20.3. The average molecular weight is 507 g/mol. The van der Waals surface area contributed by atoms with Crippen LogP contribution in [0, 0.1) is 17.0 Å². The molecule has 2 fully saturated rings. The van der Waals surface area contributed by atoms with Gasteiger partial charge in [-0.25, -0.2) is 8.78 Å². The molecule has 0 amide bonds. The Bertz CT molecular complexity index is 1190. The molecular weight excluding hydrogens is 475 g/mol. The van der Waals surface area contributed by atoms with Gasteiger partial charge in [0.05, 0.1) is 6.54 Å². The first kappa shape index (κ1) is 25.0. The SMILES string of the molecule is CC1Cc2c([nH]c3ccccc23)CN1CC(F)(F)F.Fc1cc(F)cc(N2CCC3(CCNC3)C2)c1. The molecule has 9 heteroatoms. The molecule has 36 heavy (non-hydrogen) atoms. The molecular formula is C27H31F5N4. The third-order valence-corrected chi connectivity index (χ3v) is 7.75. The lowest BCUT2D eigenvalue weighted by atomic mass is 9.86. The zero-order chi connectivity index (χ0) is 25.5. The van der Waals surface area contributed by atoms with Crippen LogP contribution < -0.4 is 10.2 Å². The molecule has 0 aliphatic carbocycles. The first-order valence-corrected chi connectivity index (χ1v) is 12.4. The third-order valence-electron chi connectivity index (χ3n) is 7.75. The van der Waals surface area contributed by atoms with Crippen molar-refractivity contribution in [2.45, 2.75) is 44.9 Å². The van der Waals surface area contributed by atoms with E-state index >= 15 is 0 Å². The molecule has 0 radical (unpaired) electrons. The molecule has 2 N–H and O–H groups in total. The number of aromatic nitrogens is 1. The molecule has 4 nitrogen and oxygen atoms in total. The molecule has 3 aromatic rings. The lowest BCUT2D eigenvalue weighted by molar-refractivity contribution is -0.152. The van der Waals surface area contributed by atoms with E-state index in [0.29, 0.717) is 24.1 Å². The largest absolute Gasteiger partial charge is 0.401 e. The summed E-state index contributed by atoms with van der Waals surface area (Å²) < 4.78 is 64.0. The normalized spacial score (nSPS) is 24.3. The molecule has 1 spiro atoms. The number of H-pyrrole nitrogens is 1. The van der Waals surface area contributed by atoms with Gasteiger partial charge in [0.2, 0.25) is 0 Å². The quantitative estimate of drug-likeness (QED) is 0.442. The highest BCUT2D eigenvalue weighted by molar-refractivity contribution is 5.84. The first-order valence-electron chi connectivity index (χ1n) is 12.4. The van der Waals surface area contributed by atoms with Gasteiger partial charge in [-0.1, -0.05) is 18.2 Å². The van der Waals surface area contributed by atoms with Crippen molar-refractivity contribution in [1.82, 2.24) is 15.2 Å². The van der Waals surface area contributed by atoms with Crippen molar-refractivity contribution in [3.05, 3.63) is 65.4 Å². The monoisotopic (exact) mass is 506 g/mol. The van der Waals surface area contributed by atoms with Gasteiger partial charge in [0, 0.05) is 66.0 Å². The van der Waals surface area contributed by atoms with E-state index in [9.17, 15) is 22.0 Å². The van der Waals surface area contributed by atoms with Gasteiger partial charge in [-0.3, -0.25) is 4.90 Å². The molecule has 3 aliphatic heterocycles. The Morgan fingerprint density at radius 1 is 1.06 bits per heavy atom. The van der Waals surface area contributed by atoms with Gasteiger partial charge in [0.15, 0.2) is 0 Å². The van der Waals surface area contributed by atoms with Crippen molar-refractivity contribution in [2.75, 3.05) is 37.6 Å². The molecule has 2 unspecified atom stereocenters. The maximum Gasteiger partial charge on any atom is 0.401 e. The molecule has 2 atom stereocenters. The summed E-state index contributed by atoms with van der Waals surface area (Å²) in [6, 6.07) is 11.6. The molecule has 6 rings (SSSR count). The topological polar surface area (TPSA) is 34.3 Å². The molecule has 2 aromatic carbocycles. The number of para-hydroxylation sites is 1. The minimum Gasteiger partial charge on any atom is -0.371 e. The Hall–Kier alpha value is -2.65. The molecule has 2 saturated heterocycles. The molecule has 4 heterocycles. The highest BCUT2D eigenvalue weighted by Gasteiger charge is 2.40. The fourth-order valence-corrected chi connectivity index (χ4v) is 5.87. The van der Waals surface area contributed by atoms with Gasteiger partial charge >= 0.3 is 6.18 Å². The van der Waals surface area contributed by atoms with Crippen LogP contribution in [0.1, 0.15) is 31.0 Å². The fourth-order valence-electron chi connectivity index (χ4n) is 5.87. The van der Waals surface area contributed by atoms with Gasteiger partial charge in [-0.2, -0.15) is 13.2 Å². The van der Waals surface area contributed by atoms with E-state index in [1.807, 2.05) is 31.2 Å². The van der Waals surface area contributed by atoms with E-state index in [1.165, 1.54) is 29.0 Å². The minimum absolute atomic E-state index is 0.0895. The number of halogens is 5. The van der Waals surface area contributed by atoms with Gasteiger partial charge in [0.1, 0.15) is 11.6 Å². The van der Waals surface area contributed by atoms with Crippen LogP contribution in [-0.4, -0.2) is 54.8 Å². The average Bonchev–Trinajstić information content (AvgIpc) is 3.53. The fraction of sp³-hybridized carbons (Fsp3) is 0.481. The summed E-state index contributed by atoms with van der Waals surface area (Å²) in [5.74, 6) is -0.990. The van der Waals surface area contributed by atoms with Crippen LogP contribution in [0.15, 0.2) is 42.5 Å². The van der Waals surface area contributed by atoms with E-state index in [1.54, 1.807) is 0 Å². The summed E-state index contributed by atoms with van der Waals surface area (Å²) in [4.78, 5) is 6.82. The maximum atomic E-state index is 13.2. The molecule has 1 aromatic heterocycles. The summed E-state index contributed by atoms with van der Waals surface area (Å²) in [6.07, 6.45) is -1.20. The number of anilines is 1. The van der Waals surface area contributed by atoms with Crippen molar-refractivity contribution in [2.24, 2.45) is 5.41 Å². The van der Waals surface area contributed by atoms with Crippen LogP contribution in [0.3, 0.4) is 0 Å². The summed E-state index contributed by atoms with van der Waals surface area (Å²) in [7, 11) is 0. The smallest absolute Gasteiger partial charge is 0.371 e. The molecule has 0 bridgehead atoms. The number of benzene rings is 2. The number of rotatable bonds is 2. The van der Waals surface area contributed by atoms with Gasteiger partial charge in [0.25, 0.3) is 0 Å². The predicted molar refractivity (Wildman–Crippen MR) is 131 cm³/mol. The van der Waals surface area contributed by atoms with E-state index in [2.05, 4.69) is 15.2 Å². The Labute approximate surface area is 207 Å². The second-order valence-corrected chi connectivity index (χ2v) is 10.4. The number of hydrogen-bond donors (Lipinski definition) is 2. The summed E-state index contributed by atoms with van der Waals surface area (Å²) in [6.45, 7) is 5.24. The Balaban J connectivity index is 0.000000149. The first-order chi connectivity index (χ1) is 17.1. The Morgan fingerprint density at radius 3 is 2.50 bits per heavy atom. The van der Waals surface area contributed by atoms with Crippen LogP contribution in [0.25, 0.3) is 10.9 Å². The van der Waals surface area contributed by atoms with E-state index < -0.39 is 24.4 Å². The van der Waals surface area contributed by atoms with Crippen LogP contribution in [0.2, 0.25) is 0 Å². The molecule has 3 aliphatic rings. The predicted octanol–water partition coefficient (Wildman–Crippen LogP) is 5.63. The highest BCUT2D eigenvalue weighted by Crippen LogP contribution is 2.38. The number of aromatic amines is 1. The van der Waals surface area contributed by atoms with Gasteiger partial charge in [-0.05, 0) is 56.5 Å². The summed E-state index contributed by atoms with van der Waals surface area (Å²) >= 11 is 0. The standard InChI is InChI=1S/C14H15F3N2.C13H16F2N2/c1-9-6-11-10-4-2-3-5-12(10)18-13(11)7-19(9)8-14(15,16)17;14-10-5-11(15)7-12(6-10)17-4-2-13(9-17)1-3-16-8-13/h2-5,9,18H,6-8H2,1H3;5-7,16H,1-4,8-9H2. The van der Waals surface area contributed by atoms with Crippen LogP contribution in [-0.2, 0) is 13.0 Å². The van der Waals surface area contributed by atoms with Crippen molar-refractivity contribution < 1.29 is 22.0 Å². The lowest BCUT2D eigenvalue weighted by Gasteiger charge is -2.33. The van der Waals surface area contributed by atoms with Crippen molar-refractivity contribution >= 4 is 16.6 Å². The number of alkyl halides is 3. The van der Waals surface area contributed by atoms with E-state index in [4.69, 9.17) is 0 Å². The van der Waals surface area contributed by atoms with Crippen LogP contribution in [0.5, 0.6) is 0 Å². The summed E-state index contributed by atoms with van der Waals surface area (Å²) in [5, 5.41) is 4.51. The van der Waals surface area contributed by atoms with Crippen molar-refractivity contribution in [3.8, 4) is 0 Å². The molecule has 0 saturated carbocycles. The number of nitrogens with one attached hydrogen (secondary N) is 2. The van der Waals surface area contributed by atoms with Crippen LogP contribution in [0.4, 0.5) is 27.6 Å². The van der Waals surface area contributed by atoms with Crippen LogP contribution >= 0.6 is 0 Å². The lowest BCUT2D eigenvalue weighted by Crippen LogP contribution is -2.43. The zero-order valence-corrected chi connectivity index (χ0v) is 20.3. The maximum absolute atomic E-state index is 13.2. The number of fused-ring (bicyclic) bond motifs is 3. The van der Waals surface area contributed by atoms with E-state index in [0.717, 1.165) is 55.3 Å². The summed E-state index contributed by atoms with van der Waals surface area (Å²) in [5.41, 5.74) is 4.09. The van der Waals surface area contributed by atoms with Gasteiger partial charge in [-0.15, -0.1) is 0 Å². The Morgan fingerprint density at radius 2 is 1.81 bits per heavy atom. The number of hydrogen-bond acceptors (Lipinski definition) is 3. The van der Waals surface area contributed by atoms with Crippen molar-refractivity contribution in [3.63, 3.8) is 0 Å². The second-order valence-electron chi connectivity index (χ2n) is 10.4. The van der Waals surface area contributed by atoms with Gasteiger partial charge < -0.3 is 15.2 Å². The third kappa shape index (κ3) is 5.37. The highest BCUT2D eigenvalue weighted by atomic mass is 19.4. The molecule has 194 valence electrons. The van der Waals surface area contributed by atoms with Crippen molar-refractivity contribution in [1.29, 1.82) is 0 Å². The number of nitrogens with zero attached hydrogens (tertiary/aromatic N) is 2. The van der Waals surface area contributed by atoms with E-state index in [-0.39, 0.29) is 6.04 Å².